The van der Waals surface area contributed by atoms with Gasteiger partial charge in [0.05, 0.1) is 10.6 Å². The summed E-state index contributed by atoms with van der Waals surface area (Å²) in [6, 6.07) is 9.78. The minimum absolute atomic E-state index is 0.151. The lowest BCUT2D eigenvalue weighted by molar-refractivity contribution is -0.119. The van der Waals surface area contributed by atoms with Crippen LogP contribution >= 0.6 is 27.5 Å². The molecule has 1 amide bonds. The van der Waals surface area contributed by atoms with Gasteiger partial charge in [-0.05, 0) is 30.3 Å². The number of hydrogen-bond acceptors (Lipinski definition) is 5. The highest BCUT2D eigenvalue weighted by Crippen LogP contribution is 2.34. The highest BCUT2D eigenvalue weighted by molar-refractivity contribution is 9.10. The van der Waals surface area contributed by atoms with Crippen molar-refractivity contribution in [2.75, 3.05) is 18.7 Å². The number of halogens is 2. The van der Waals surface area contributed by atoms with Gasteiger partial charge in [0.1, 0.15) is 0 Å². The van der Waals surface area contributed by atoms with E-state index in [-0.39, 0.29) is 17.4 Å². The number of carbonyl (C=O) groups is 2. The van der Waals surface area contributed by atoms with Gasteiger partial charge >= 0.3 is 5.97 Å². The molecule has 0 bridgehead atoms. The quantitative estimate of drug-likeness (QED) is 0.776. The lowest BCUT2D eigenvalue weighted by atomic mass is 10.2. The molecule has 124 valence electrons. The zero-order valence-electron chi connectivity index (χ0n) is 12.2. The molecule has 0 aromatic heterocycles. The molecular formula is C16H11BrClNO5. The van der Waals surface area contributed by atoms with Crippen molar-refractivity contribution >= 4 is 45.1 Å². The third-order valence-electron chi connectivity index (χ3n) is 3.14. The number of ether oxygens (including phenoxy) is 3. The Hall–Kier alpha value is -2.25. The summed E-state index contributed by atoms with van der Waals surface area (Å²) in [5, 5.41) is 2.86. The fraction of sp³-hybridized carbons (Fsp3) is 0.125. The molecule has 24 heavy (non-hydrogen) atoms. The zero-order valence-corrected chi connectivity index (χ0v) is 14.5. The number of fused-ring (bicyclic) bond motifs is 1. The van der Waals surface area contributed by atoms with Crippen LogP contribution in [0.15, 0.2) is 40.9 Å². The molecule has 0 aliphatic carbocycles. The maximum absolute atomic E-state index is 12.0. The standard InChI is InChI=1S/C16H11BrClNO5/c17-9-1-3-12(18)11(5-9)16(21)22-7-15(20)19-10-2-4-13-14(6-10)24-8-23-13/h1-6H,7-8H2,(H,19,20). The van der Waals surface area contributed by atoms with E-state index in [4.69, 9.17) is 25.8 Å². The highest BCUT2D eigenvalue weighted by atomic mass is 79.9. The van der Waals surface area contributed by atoms with Crippen molar-refractivity contribution < 1.29 is 23.8 Å². The Bertz CT molecular complexity index is 811. The van der Waals surface area contributed by atoms with Crippen molar-refractivity contribution in [2.45, 2.75) is 0 Å². The van der Waals surface area contributed by atoms with Crippen LogP contribution in [0.4, 0.5) is 5.69 Å². The van der Waals surface area contributed by atoms with E-state index in [1.807, 2.05) is 0 Å². The maximum Gasteiger partial charge on any atom is 0.340 e. The number of esters is 1. The maximum atomic E-state index is 12.0. The topological polar surface area (TPSA) is 73.9 Å². The van der Waals surface area contributed by atoms with E-state index in [9.17, 15) is 9.59 Å². The number of hydrogen-bond donors (Lipinski definition) is 1. The van der Waals surface area contributed by atoms with E-state index in [0.717, 1.165) is 0 Å². The molecule has 1 heterocycles. The molecule has 0 radical (unpaired) electrons. The lowest BCUT2D eigenvalue weighted by Gasteiger charge is -2.08. The Morgan fingerprint density at radius 1 is 1.17 bits per heavy atom. The first kappa shape index (κ1) is 16.6. The van der Waals surface area contributed by atoms with E-state index in [0.29, 0.717) is 21.7 Å². The first-order valence-electron chi connectivity index (χ1n) is 6.84. The van der Waals surface area contributed by atoms with Crippen LogP contribution in [0.1, 0.15) is 10.4 Å². The molecule has 2 aromatic rings. The van der Waals surface area contributed by atoms with Crippen LogP contribution in [0.25, 0.3) is 0 Å². The summed E-state index contributed by atoms with van der Waals surface area (Å²) in [6.07, 6.45) is 0. The predicted molar refractivity (Wildman–Crippen MR) is 90.6 cm³/mol. The van der Waals surface area contributed by atoms with Gasteiger partial charge in [0.15, 0.2) is 18.1 Å². The number of anilines is 1. The minimum Gasteiger partial charge on any atom is -0.454 e. The SMILES string of the molecule is O=C(COC(=O)c1cc(Br)ccc1Cl)Nc1ccc2c(c1)OCO2. The molecule has 1 aliphatic heterocycles. The Kier molecular flexibility index (Phi) is 4.92. The van der Waals surface area contributed by atoms with E-state index >= 15 is 0 Å². The van der Waals surface area contributed by atoms with Gasteiger partial charge in [0.25, 0.3) is 5.91 Å². The van der Waals surface area contributed by atoms with Gasteiger partial charge in [-0.15, -0.1) is 0 Å². The molecule has 8 heteroatoms. The second-order valence-electron chi connectivity index (χ2n) is 4.82. The Morgan fingerprint density at radius 3 is 2.79 bits per heavy atom. The van der Waals surface area contributed by atoms with Crippen LogP contribution in [0, 0.1) is 0 Å². The molecule has 0 fully saturated rings. The van der Waals surface area contributed by atoms with Crippen molar-refractivity contribution in [3.63, 3.8) is 0 Å². The van der Waals surface area contributed by atoms with Gasteiger partial charge in [-0.2, -0.15) is 0 Å². The molecule has 6 nitrogen and oxygen atoms in total. The van der Waals surface area contributed by atoms with E-state index in [2.05, 4.69) is 21.2 Å². The molecule has 0 saturated heterocycles. The van der Waals surface area contributed by atoms with Gasteiger partial charge in [0, 0.05) is 16.2 Å². The van der Waals surface area contributed by atoms with Gasteiger partial charge < -0.3 is 19.5 Å². The fourth-order valence-corrected chi connectivity index (χ4v) is 2.59. The van der Waals surface area contributed by atoms with E-state index < -0.39 is 18.5 Å². The third kappa shape index (κ3) is 3.80. The number of rotatable bonds is 4. The summed E-state index contributed by atoms with van der Waals surface area (Å²) in [7, 11) is 0. The molecular weight excluding hydrogens is 402 g/mol. The molecule has 0 unspecified atom stereocenters. The molecule has 2 aromatic carbocycles. The summed E-state index contributed by atoms with van der Waals surface area (Å²) in [6.45, 7) is -0.284. The Morgan fingerprint density at radius 2 is 1.96 bits per heavy atom. The van der Waals surface area contributed by atoms with Crippen molar-refractivity contribution in [2.24, 2.45) is 0 Å². The second-order valence-corrected chi connectivity index (χ2v) is 6.14. The summed E-state index contributed by atoms with van der Waals surface area (Å²) in [5.41, 5.74) is 0.697. The first-order chi connectivity index (χ1) is 11.5. The molecule has 1 aliphatic rings. The molecule has 1 N–H and O–H groups in total. The van der Waals surface area contributed by atoms with E-state index in [1.165, 1.54) is 6.07 Å². The smallest absolute Gasteiger partial charge is 0.340 e. The van der Waals surface area contributed by atoms with Crippen molar-refractivity contribution in [3.8, 4) is 11.5 Å². The number of benzene rings is 2. The Balaban J connectivity index is 1.57. The van der Waals surface area contributed by atoms with Crippen molar-refractivity contribution in [1.82, 2.24) is 0 Å². The van der Waals surface area contributed by atoms with Crippen LogP contribution in [0.5, 0.6) is 11.5 Å². The summed E-state index contributed by atoms with van der Waals surface area (Å²) >= 11 is 9.19. The highest BCUT2D eigenvalue weighted by Gasteiger charge is 2.16. The molecule has 0 spiro atoms. The minimum atomic E-state index is -0.679. The van der Waals surface area contributed by atoms with Crippen LogP contribution in [0.2, 0.25) is 5.02 Å². The van der Waals surface area contributed by atoms with Crippen LogP contribution < -0.4 is 14.8 Å². The molecule has 0 saturated carbocycles. The fourth-order valence-electron chi connectivity index (χ4n) is 2.03. The molecule has 3 rings (SSSR count). The van der Waals surface area contributed by atoms with Gasteiger partial charge in [0.2, 0.25) is 6.79 Å². The van der Waals surface area contributed by atoms with Gasteiger partial charge in [-0.3, -0.25) is 4.79 Å². The van der Waals surface area contributed by atoms with Gasteiger partial charge in [-0.1, -0.05) is 27.5 Å². The summed E-state index contributed by atoms with van der Waals surface area (Å²) in [4.78, 5) is 23.9. The average molecular weight is 413 g/mol. The lowest BCUT2D eigenvalue weighted by Crippen LogP contribution is -2.21. The number of carbonyl (C=O) groups excluding carboxylic acids is 2. The van der Waals surface area contributed by atoms with Gasteiger partial charge in [-0.25, -0.2) is 4.79 Å². The molecule has 0 atom stereocenters. The predicted octanol–water partition coefficient (Wildman–Crippen LogP) is 3.63. The third-order valence-corrected chi connectivity index (χ3v) is 3.96. The normalized spacial score (nSPS) is 11.9. The first-order valence-corrected chi connectivity index (χ1v) is 8.02. The number of nitrogens with one attached hydrogen (secondary N) is 1. The monoisotopic (exact) mass is 411 g/mol. The largest absolute Gasteiger partial charge is 0.454 e. The van der Waals surface area contributed by atoms with Crippen molar-refractivity contribution in [3.05, 3.63) is 51.5 Å². The average Bonchev–Trinajstić information content (AvgIpc) is 3.02. The number of amides is 1. The Labute approximate surface area is 150 Å². The summed E-state index contributed by atoms with van der Waals surface area (Å²) in [5.74, 6) is 0.00454. The summed E-state index contributed by atoms with van der Waals surface area (Å²) < 4.78 is 16.1. The van der Waals surface area contributed by atoms with Crippen LogP contribution in [-0.4, -0.2) is 25.3 Å². The van der Waals surface area contributed by atoms with E-state index in [1.54, 1.807) is 30.3 Å². The van der Waals surface area contributed by atoms with Crippen LogP contribution in [0.3, 0.4) is 0 Å². The van der Waals surface area contributed by atoms with Crippen LogP contribution in [-0.2, 0) is 9.53 Å². The second kappa shape index (κ2) is 7.11. The zero-order chi connectivity index (χ0) is 17.1. The van der Waals surface area contributed by atoms with Crippen molar-refractivity contribution in [1.29, 1.82) is 0 Å².